The van der Waals surface area contributed by atoms with Gasteiger partial charge in [-0.05, 0) is 46.8 Å². The molecule has 1 amide bonds. The molecule has 2 atom stereocenters. The van der Waals surface area contributed by atoms with Crippen molar-refractivity contribution in [1.82, 2.24) is 15.1 Å². The molecule has 1 fully saturated rings. The van der Waals surface area contributed by atoms with Crippen LogP contribution in [0.1, 0.15) is 34.6 Å². The van der Waals surface area contributed by atoms with E-state index in [-0.39, 0.29) is 18.2 Å². The van der Waals surface area contributed by atoms with E-state index in [9.17, 15) is 4.79 Å². The summed E-state index contributed by atoms with van der Waals surface area (Å²) in [5.41, 5.74) is 1.71. The minimum absolute atomic E-state index is 0.0748. The number of amides is 1. The molecule has 130 valence electrons. The van der Waals surface area contributed by atoms with Gasteiger partial charge in [0.05, 0.1) is 23.8 Å². The maximum atomic E-state index is 12.5. The Morgan fingerprint density at radius 2 is 1.92 bits per heavy atom. The lowest BCUT2D eigenvalue weighted by atomic mass is 10.1. The maximum absolute atomic E-state index is 12.5. The second-order valence-corrected chi connectivity index (χ2v) is 7.60. The number of hydrogen-bond acceptors (Lipinski definition) is 4. The summed E-state index contributed by atoms with van der Waals surface area (Å²) in [5.74, 6) is 0. The van der Waals surface area contributed by atoms with Gasteiger partial charge in [-0.2, -0.15) is 5.10 Å². The minimum atomic E-state index is -0.476. The fourth-order valence-corrected chi connectivity index (χ4v) is 3.42. The van der Waals surface area contributed by atoms with Crippen molar-refractivity contribution in [3.8, 4) is 0 Å². The van der Waals surface area contributed by atoms with Crippen molar-refractivity contribution in [2.45, 2.75) is 52.3 Å². The van der Waals surface area contributed by atoms with Gasteiger partial charge in [0.15, 0.2) is 0 Å². The number of benzene rings is 1. The number of fused-ring (bicyclic) bond motifs is 1. The molecule has 6 heteroatoms. The summed E-state index contributed by atoms with van der Waals surface area (Å²) in [4.78, 5) is 16.7. The molecule has 1 aliphatic heterocycles. The fraction of sp³-hybridized carbons (Fsp3) is 0.556. The van der Waals surface area contributed by atoms with Gasteiger partial charge in [0.1, 0.15) is 5.60 Å². The van der Waals surface area contributed by atoms with E-state index in [1.54, 1.807) is 0 Å². The van der Waals surface area contributed by atoms with Gasteiger partial charge >= 0.3 is 6.09 Å². The number of H-pyrrole nitrogens is 1. The quantitative estimate of drug-likeness (QED) is 0.870. The van der Waals surface area contributed by atoms with Gasteiger partial charge in [0, 0.05) is 24.2 Å². The van der Waals surface area contributed by atoms with E-state index in [0.29, 0.717) is 0 Å². The molecule has 3 rings (SSSR count). The Bertz CT molecular complexity index is 722. The summed E-state index contributed by atoms with van der Waals surface area (Å²) in [7, 11) is 0. The summed E-state index contributed by atoms with van der Waals surface area (Å²) in [5, 5.41) is 8.27. The molecule has 0 unspecified atom stereocenters. The average Bonchev–Trinajstić information content (AvgIpc) is 2.92. The molecule has 1 N–H and O–H groups in total. The number of hydrogen-bond donors (Lipinski definition) is 1. The molecule has 1 aromatic heterocycles. The molecule has 0 saturated carbocycles. The van der Waals surface area contributed by atoms with Gasteiger partial charge in [-0.15, -0.1) is 0 Å². The van der Waals surface area contributed by atoms with E-state index in [1.807, 2.05) is 44.0 Å². The van der Waals surface area contributed by atoms with Crippen LogP contribution in [0.4, 0.5) is 10.5 Å². The summed E-state index contributed by atoms with van der Waals surface area (Å²) < 4.78 is 5.57. The van der Waals surface area contributed by atoms with Crippen LogP contribution in [0.5, 0.6) is 0 Å². The maximum Gasteiger partial charge on any atom is 0.410 e. The number of aromatic amines is 1. The SMILES string of the molecule is C[C@@H]1CN(c2cccc3[nH]ncc23)C[C@H](C)N1C(=O)OC(C)(C)C. The van der Waals surface area contributed by atoms with Crippen LogP contribution in [-0.2, 0) is 4.74 Å². The van der Waals surface area contributed by atoms with E-state index in [1.165, 1.54) is 0 Å². The first kappa shape index (κ1) is 16.6. The molecule has 1 aromatic carbocycles. The standard InChI is InChI=1S/C18H26N4O2/c1-12-10-21(16-8-6-7-15-14(16)9-19-20-15)11-13(2)22(12)17(23)24-18(3,4)5/h6-9,12-13H,10-11H2,1-5H3,(H,19,20)/t12-,13+. The fourth-order valence-electron chi connectivity index (χ4n) is 3.42. The molecule has 2 aromatic rings. The van der Waals surface area contributed by atoms with Gasteiger partial charge in [0.2, 0.25) is 0 Å². The van der Waals surface area contributed by atoms with Crippen LogP contribution < -0.4 is 4.90 Å². The molecular weight excluding hydrogens is 304 g/mol. The van der Waals surface area contributed by atoms with Crippen molar-refractivity contribution in [1.29, 1.82) is 0 Å². The lowest BCUT2D eigenvalue weighted by molar-refractivity contribution is 0.00568. The number of piperazine rings is 1. The van der Waals surface area contributed by atoms with Crippen LogP contribution in [-0.4, -0.2) is 52.0 Å². The van der Waals surface area contributed by atoms with Crippen molar-refractivity contribution < 1.29 is 9.53 Å². The molecule has 1 saturated heterocycles. The number of nitrogens with one attached hydrogen (secondary N) is 1. The van der Waals surface area contributed by atoms with Crippen molar-refractivity contribution in [2.24, 2.45) is 0 Å². The Morgan fingerprint density at radius 3 is 2.54 bits per heavy atom. The number of nitrogens with zero attached hydrogens (tertiary/aromatic N) is 3. The molecule has 1 aliphatic rings. The Labute approximate surface area is 142 Å². The Morgan fingerprint density at radius 1 is 1.25 bits per heavy atom. The molecule has 2 heterocycles. The summed E-state index contributed by atoms with van der Waals surface area (Å²) >= 11 is 0. The number of aromatic nitrogens is 2. The van der Waals surface area contributed by atoms with E-state index in [0.717, 1.165) is 29.7 Å². The van der Waals surface area contributed by atoms with Crippen LogP contribution in [0.25, 0.3) is 10.9 Å². The van der Waals surface area contributed by atoms with Gasteiger partial charge < -0.3 is 9.64 Å². The highest BCUT2D eigenvalue weighted by Crippen LogP contribution is 2.29. The number of ether oxygens (including phenoxy) is 1. The zero-order chi connectivity index (χ0) is 17.5. The molecular formula is C18H26N4O2. The van der Waals surface area contributed by atoms with Crippen molar-refractivity contribution in [3.63, 3.8) is 0 Å². The largest absolute Gasteiger partial charge is 0.444 e. The second-order valence-electron chi connectivity index (χ2n) is 7.60. The lowest BCUT2D eigenvalue weighted by Crippen LogP contribution is -2.59. The van der Waals surface area contributed by atoms with Crippen LogP contribution in [0, 0.1) is 0 Å². The van der Waals surface area contributed by atoms with Crippen LogP contribution in [0.2, 0.25) is 0 Å². The Hall–Kier alpha value is -2.24. The van der Waals surface area contributed by atoms with Gasteiger partial charge in [-0.1, -0.05) is 6.07 Å². The third kappa shape index (κ3) is 3.18. The Kier molecular flexibility index (Phi) is 4.15. The van der Waals surface area contributed by atoms with Crippen LogP contribution in [0.3, 0.4) is 0 Å². The van der Waals surface area contributed by atoms with Gasteiger partial charge in [-0.25, -0.2) is 4.79 Å². The van der Waals surface area contributed by atoms with E-state index in [4.69, 9.17) is 4.74 Å². The molecule has 0 aliphatic carbocycles. The number of carbonyl (C=O) groups is 1. The highest BCUT2D eigenvalue weighted by atomic mass is 16.6. The van der Waals surface area contributed by atoms with Crippen molar-refractivity contribution in [3.05, 3.63) is 24.4 Å². The molecule has 24 heavy (non-hydrogen) atoms. The topological polar surface area (TPSA) is 61.5 Å². The van der Waals surface area contributed by atoms with Crippen LogP contribution >= 0.6 is 0 Å². The first-order valence-corrected chi connectivity index (χ1v) is 8.44. The van der Waals surface area contributed by atoms with Crippen molar-refractivity contribution >= 4 is 22.7 Å². The Balaban J connectivity index is 1.80. The monoisotopic (exact) mass is 330 g/mol. The molecule has 0 bridgehead atoms. The summed E-state index contributed by atoms with van der Waals surface area (Å²) in [6.07, 6.45) is 1.63. The summed E-state index contributed by atoms with van der Waals surface area (Å²) in [6.45, 7) is 11.4. The third-order valence-electron chi connectivity index (χ3n) is 4.33. The second kappa shape index (κ2) is 6.00. The van der Waals surface area contributed by atoms with Gasteiger partial charge in [0.25, 0.3) is 0 Å². The van der Waals surface area contributed by atoms with E-state index >= 15 is 0 Å². The van der Waals surface area contributed by atoms with Crippen molar-refractivity contribution in [2.75, 3.05) is 18.0 Å². The molecule has 0 radical (unpaired) electrons. The molecule has 0 spiro atoms. The number of anilines is 1. The normalized spacial score (nSPS) is 22.0. The first-order valence-electron chi connectivity index (χ1n) is 8.44. The van der Waals surface area contributed by atoms with Crippen LogP contribution in [0.15, 0.2) is 24.4 Å². The van der Waals surface area contributed by atoms with Gasteiger partial charge in [-0.3, -0.25) is 10.00 Å². The number of rotatable bonds is 1. The first-order chi connectivity index (χ1) is 11.3. The zero-order valence-corrected chi connectivity index (χ0v) is 15.0. The summed E-state index contributed by atoms with van der Waals surface area (Å²) in [6, 6.07) is 6.32. The highest BCUT2D eigenvalue weighted by molar-refractivity contribution is 5.91. The predicted molar refractivity (Wildman–Crippen MR) is 95.3 cm³/mol. The highest BCUT2D eigenvalue weighted by Gasteiger charge is 2.36. The predicted octanol–water partition coefficient (Wildman–Crippen LogP) is 3.40. The van der Waals surface area contributed by atoms with E-state index in [2.05, 4.69) is 35.0 Å². The van der Waals surface area contributed by atoms with E-state index < -0.39 is 5.60 Å². The number of carbonyl (C=O) groups excluding carboxylic acids is 1. The minimum Gasteiger partial charge on any atom is -0.444 e. The molecule has 6 nitrogen and oxygen atoms in total. The smallest absolute Gasteiger partial charge is 0.410 e. The zero-order valence-electron chi connectivity index (χ0n) is 15.0. The lowest BCUT2D eigenvalue weighted by Gasteiger charge is -2.45. The average molecular weight is 330 g/mol. The third-order valence-corrected chi connectivity index (χ3v) is 4.33.